The van der Waals surface area contributed by atoms with Gasteiger partial charge in [-0.05, 0) is 66.1 Å². The zero-order valence-electron chi connectivity index (χ0n) is 23.4. The smallest absolute Gasteiger partial charge is 0.282 e. The van der Waals surface area contributed by atoms with E-state index in [1.807, 2.05) is 48.5 Å². The first kappa shape index (κ1) is 29.9. The van der Waals surface area contributed by atoms with Crippen LogP contribution in [0, 0.1) is 0 Å². The van der Waals surface area contributed by atoms with E-state index in [-0.39, 0.29) is 15.5 Å². The molecular weight excluding hydrogens is 613 g/mol. The van der Waals surface area contributed by atoms with E-state index >= 15 is 0 Å². The van der Waals surface area contributed by atoms with E-state index in [9.17, 15) is 25.9 Å². The van der Waals surface area contributed by atoms with Crippen molar-refractivity contribution in [3.63, 3.8) is 0 Å². The van der Waals surface area contributed by atoms with Crippen molar-refractivity contribution < 1.29 is 25.9 Å². The van der Waals surface area contributed by atoms with Gasteiger partial charge in [-0.1, -0.05) is 72.8 Å². The molecule has 0 unspecified atom stereocenters. The topological polar surface area (TPSA) is 158 Å². The third-order valence-corrected chi connectivity index (χ3v) is 8.86. The van der Waals surface area contributed by atoms with Gasteiger partial charge in [-0.25, -0.2) is 0 Å². The quantitative estimate of drug-likeness (QED) is 0.125. The summed E-state index contributed by atoms with van der Waals surface area (Å²) in [5.74, 6) is 0. The predicted molar refractivity (Wildman–Crippen MR) is 172 cm³/mol. The average Bonchev–Trinajstić information content (AvgIpc) is 3.03. The van der Waals surface area contributed by atoms with Crippen LogP contribution in [-0.4, -0.2) is 25.9 Å². The molecule has 224 valence electrons. The fraction of sp³-hybridized carbons (Fsp3) is 0.0303. The van der Waals surface area contributed by atoms with Gasteiger partial charge in [0, 0.05) is 21.5 Å². The Morgan fingerprint density at radius 2 is 1.11 bits per heavy atom. The minimum Gasteiger partial charge on any atom is -0.282 e. The number of benzene rings is 6. The highest BCUT2D eigenvalue weighted by Gasteiger charge is 2.19. The van der Waals surface area contributed by atoms with Gasteiger partial charge in [0.1, 0.15) is 4.90 Å². The molecule has 0 aliphatic rings. The minimum atomic E-state index is -4.58. The van der Waals surface area contributed by atoms with Gasteiger partial charge in [0.05, 0.1) is 27.6 Å². The summed E-state index contributed by atoms with van der Waals surface area (Å²) in [6.45, 7) is 0. The molecule has 0 atom stereocenters. The molecule has 0 radical (unpaired) electrons. The van der Waals surface area contributed by atoms with Crippen molar-refractivity contribution in [1.29, 1.82) is 0 Å². The molecule has 0 fully saturated rings. The molecule has 0 spiro atoms. The molecule has 6 rings (SSSR count). The Labute approximate surface area is 258 Å². The summed E-state index contributed by atoms with van der Waals surface area (Å²) >= 11 is 0. The van der Waals surface area contributed by atoms with Crippen molar-refractivity contribution in [3.05, 3.63) is 132 Å². The summed E-state index contributed by atoms with van der Waals surface area (Å²) in [6.07, 6.45) is 0.406. The van der Waals surface area contributed by atoms with Gasteiger partial charge in [0.25, 0.3) is 20.2 Å². The van der Waals surface area contributed by atoms with Crippen LogP contribution in [-0.2, 0) is 26.7 Å². The molecule has 0 saturated carbocycles. The molecule has 0 heterocycles. The van der Waals surface area contributed by atoms with Gasteiger partial charge in [0.15, 0.2) is 0 Å². The summed E-state index contributed by atoms with van der Waals surface area (Å²) in [5, 5.41) is 19.0. The van der Waals surface area contributed by atoms with Gasteiger partial charge in [0.2, 0.25) is 0 Å². The zero-order chi connectivity index (χ0) is 31.6. The van der Waals surface area contributed by atoms with Crippen LogP contribution in [0.1, 0.15) is 11.1 Å². The van der Waals surface area contributed by atoms with E-state index in [1.165, 1.54) is 30.3 Å². The Kier molecular flexibility index (Phi) is 8.04. The van der Waals surface area contributed by atoms with Crippen LogP contribution >= 0.6 is 0 Å². The third kappa shape index (κ3) is 6.54. The van der Waals surface area contributed by atoms with Crippen LogP contribution in [0.15, 0.2) is 152 Å². The van der Waals surface area contributed by atoms with Crippen LogP contribution in [0.4, 0.5) is 22.7 Å². The van der Waals surface area contributed by atoms with Crippen molar-refractivity contribution in [3.8, 4) is 0 Å². The van der Waals surface area contributed by atoms with Gasteiger partial charge in [-0.3, -0.25) is 9.11 Å². The second kappa shape index (κ2) is 12.1. The van der Waals surface area contributed by atoms with Gasteiger partial charge in [-0.2, -0.15) is 21.9 Å². The van der Waals surface area contributed by atoms with Crippen molar-refractivity contribution >= 4 is 64.5 Å². The molecule has 0 aliphatic heterocycles. The molecule has 10 nitrogen and oxygen atoms in total. The molecule has 0 bridgehead atoms. The molecule has 45 heavy (non-hydrogen) atoms. The Balaban J connectivity index is 1.49. The number of fused-ring (bicyclic) bond motifs is 2. The average molecular weight is 637 g/mol. The van der Waals surface area contributed by atoms with E-state index in [1.54, 1.807) is 42.5 Å². The lowest BCUT2D eigenvalue weighted by Crippen LogP contribution is -2.01. The maximum absolute atomic E-state index is 12.4. The normalized spacial score (nSPS) is 12.5. The van der Waals surface area contributed by atoms with Gasteiger partial charge < -0.3 is 0 Å². The first-order chi connectivity index (χ1) is 21.6. The van der Waals surface area contributed by atoms with E-state index < -0.39 is 20.2 Å². The van der Waals surface area contributed by atoms with Crippen LogP contribution in [0.5, 0.6) is 0 Å². The Hall–Kier alpha value is -5.14. The van der Waals surface area contributed by atoms with E-state index in [0.29, 0.717) is 50.6 Å². The van der Waals surface area contributed by atoms with Gasteiger partial charge >= 0.3 is 0 Å². The maximum atomic E-state index is 12.4. The number of nitrogens with zero attached hydrogens (tertiary/aromatic N) is 4. The second-order valence-corrected chi connectivity index (χ2v) is 12.9. The molecule has 0 aromatic heterocycles. The fourth-order valence-electron chi connectivity index (χ4n) is 5.04. The molecule has 12 heteroatoms. The summed E-state index contributed by atoms with van der Waals surface area (Å²) in [6, 6.07) is 33.8. The SMILES string of the molecule is O=S(=O)(O)c1ccc2c(N=Nc3ccccc3)ccc(N=Nc3ccc(Cc4ccccc4)c4c(S(=O)(=O)O)cccc34)c2c1. The van der Waals surface area contributed by atoms with Crippen LogP contribution in [0.3, 0.4) is 0 Å². The Bertz CT molecular complexity index is 2340. The number of rotatable bonds is 8. The van der Waals surface area contributed by atoms with Crippen molar-refractivity contribution in [1.82, 2.24) is 0 Å². The van der Waals surface area contributed by atoms with Crippen molar-refractivity contribution in [2.24, 2.45) is 20.5 Å². The molecule has 0 amide bonds. The predicted octanol–water partition coefficient (Wildman–Crippen LogP) is 8.91. The van der Waals surface area contributed by atoms with Gasteiger partial charge in [-0.15, -0.1) is 15.3 Å². The standard InChI is InChI=1S/C33H24N4O6S2/c38-44(39,40)25-15-16-26-28(21-25)31(19-18-29(26)35-34-24-10-5-2-6-11-24)37-36-30-17-14-23(20-22-8-3-1-4-9-22)33-27(30)12-7-13-32(33)45(41,42)43/h1-19,21H,20H2,(H,38,39,40)(H,41,42,43). The number of hydrogen-bond acceptors (Lipinski definition) is 8. The largest absolute Gasteiger partial charge is 0.295 e. The monoisotopic (exact) mass is 636 g/mol. The number of hydrogen-bond donors (Lipinski definition) is 2. The molecule has 0 aliphatic carbocycles. The van der Waals surface area contributed by atoms with Crippen LogP contribution in [0.2, 0.25) is 0 Å². The Morgan fingerprint density at radius 3 is 1.78 bits per heavy atom. The first-order valence-electron chi connectivity index (χ1n) is 13.6. The Morgan fingerprint density at radius 1 is 0.511 bits per heavy atom. The molecular formula is C33H24N4O6S2. The third-order valence-electron chi connectivity index (χ3n) is 7.12. The fourth-order valence-corrected chi connectivity index (χ4v) is 6.29. The van der Waals surface area contributed by atoms with E-state index in [4.69, 9.17) is 0 Å². The van der Waals surface area contributed by atoms with E-state index in [0.717, 1.165) is 5.56 Å². The zero-order valence-corrected chi connectivity index (χ0v) is 25.0. The highest BCUT2D eigenvalue weighted by atomic mass is 32.2. The lowest BCUT2D eigenvalue weighted by Gasteiger charge is -2.12. The molecule has 2 N–H and O–H groups in total. The highest BCUT2D eigenvalue weighted by molar-refractivity contribution is 7.86. The number of azo groups is 2. The highest BCUT2D eigenvalue weighted by Crippen LogP contribution is 2.39. The lowest BCUT2D eigenvalue weighted by atomic mass is 9.97. The molecule has 6 aromatic carbocycles. The van der Waals surface area contributed by atoms with Crippen molar-refractivity contribution in [2.45, 2.75) is 16.2 Å². The lowest BCUT2D eigenvalue weighted by molar-refractivity contribution is 0.481. The summed E-state index contributed by atoms with van der Waals surface area (Å²) in [7, 11) is -9.11. The van der Waals surface area contributed by atoms with E-state index in [2.05, 4.69) is 20.5 Å². The van der Waals surface area contributed by atoms with Crippen molar-refractivity contribution in [2.75, 3.05) is 0 Å². The maximum Gasteiger partial charge on any atom is 0.295 e. The summed E-state index contributed by atoms with van der Waals surface area (Å²) in [4.78, 5) is -0.587. The second-order valence-electron chi connectivity index (χ2n) is 10.1. The molecule has 0 saturated heterocycles. The molecule has 6 aromatic rings. The summed E-state index contributed by atoms with van der Waals surface area (Å²) in [5.41, 5.74) is 3.25. The van der Waals surface area contributed by atoms with Crippen LogP contribution in [0.25, 0.3) is 21.5 Å². The first-order valence-corrected chi connectivity index (χ1v) is 16.4. The summed E-state index contributed by atoms with van der Waals surface area (Å²) < 4.78 is 68.5. The van der Waals surface area contributed by atoms with Crippen LogP contribution < -0.4 is 0 Å². The minimum absolute atomic E-state index is 0.251.